The minimum Gasteiger partial charge on any atom is -0.452 e. The molecule has 2 aromatic rings. The van der Waals surface area contributed by atoms with Crippen LogP contribution in [0.15, 0.2) is 36.4 Å². The van der Waals surface area contributed by atoms with Gasteiger partial charge in [0.2, 0.25) is 0 Å². The van der Waals surface area contributed by atoms with E-state index in [0.29, 0.717) is 6.07 Å². The fourth-order valence-electron chi connectivity index (χ4n) is 2.07. The normalized spacial score (nSPS) is 11.2. The Morgan fingerprint density at radius 1 is 1.08 bits per heavy atom. The van der Waals surface area contributed by atoms with Crippen molar-refractivity contribution in [2.75, 3.05) is 11.9 Å². The second kappa shape index (κ2) is 7.78. The SMILES string of the molecule is Cc1ccc(C(=O)OCC(=O)Nc2cc(C(F)(F)F)ccc2Cl)cc1C. The van der Waals surface area contributed by atoms with Crippen LogP contribution < -0.4 is 5.32 Å². The Kier molecular flexibility index (Phi) is 5.92. The van der Waals surface area contributed by atoms with E-state index in [1.807, 2.05) is 13.8 Å². The fraction of sp³-hybridized carbons (Fsp3) is 0.222. The van der Waals surface area contributed by atoms with Crippen molar-refractivity contribution in [3.05, 3.63) is 63.7 Å². The van der Waals surface area contributed by atoms with Crippen LogP contribution in [0, 0.1) is 13.8 Å². The van der Waals surface area contributed by atoms with Crippen LogP contribution in [0.2, 0.25) is 5.02 Å². The van der Waals surface area contributed by atoms with Gasteiger partial charge in [0.1, 0.15) is 0 Å². The Labute approximate surface area is 152 Å². The molecule has 8 heteroatoms. The fourth-order valence-corrected chi connectivity index (χ4v) is 2.23. The molecule has 2 rings (SSSR count). The average molecular weight is 386 g/mol. The summed E-state index contributed by atoms with van der Waals surface area (Å²) in [5.74, 6) is -1.51. The van der Waals surface area contributed by atoms with Crippen molar-refractivity contribution in [2.24, 2.45) is 0 Å². The number of halogens is 4. The van der Waals surface area contributed by atoms with Gasteiger partial charge in [-0.1, -0.05) is 17.7 Å². The summed E-state index contributed by atoms with van der Waals surface area (Å²) in [6.45, 7) is 3.06. The van der Waals surface area contributed by atoms with Gasteiger partial charge < -0.3 is 10.1 Å². The van der Waals surface area contributed by atoms with Crippen LogP contribution in [-0.4, -0.2) is 18.5 Å². The predicted molar refractivity (Wildman–Crippen MR) is 91.3 cm³/mol. The zero-order valence-corrected chi connectivity index (χ0v) is 14.7. The number of aryl methyl sites for hydroxylation is 2. The van der Waals surface area contributed by atoms with E-state index < -0.39 is 30.2 Å². The van der Waals surface area contributed by atoms with Gasteiger partial charge in [0.05, 0.1) is 21.8 Å². The number of hydrogen-bond donors (Lipinski definition) is 1. The molecule has 1 amide bonds. The molecule has 0 saturated heterocycles. The Morgan fingerprint density at radius 2 is 1.77 bits per heavy atom. The number of anilines is 1. The number of benzene rings is 2. The van der Waals surface area contributed by atoms with Gasteiger partial charge in [-0.3, -0.25) is 4.79 Å². The molecular weight excluding hydrogens is 371 g/mol. The number of amides is 1. The minimum absolute atomic E-state index is 0.0631. The van der Waals surface area contributed by atoms with Crippen molar-refractivity contribution in [2.45, 2.75) is 20.0 Å². The lowest BCUT2D eigenvalue weighted by Gasteiger charge is -2.12. The van der Waals surface area contributed by atoms with Crippen molar-refractivity contribution in [3.8, 4) is 0 Å². The molecule has 4 nitrogen and oxygen atoms in total. The third-order valence-electron chi connectivity index (χ3n) is 3.64. The van der Waals surface area contributed by atoms with Crippen molar-refractivity contribution in [1.29, 1.82) is 0 Å². The number of ether oxygens (including phenoxy) is 1. The highest BCUT2D eigenvalue weighted by Crippen LogP contribution is 2.33. The lowest BCUT2D eigenvalue weighted by molar-refractivity contribution is -0.137. The van der Waals surface area contributed by atoms with Crippen molar-refractivity contribution >= 4 is 29.2 Å². The van der Waals surface area contributed by atoms with Gasteiger partial charge in [0.25, 0.3) is 5.91 Å². The van der Waals surface area contributed by atoms with Crippen LogP contribution in [0.1, 0.15) is 27.0 Å². The van der Waals surface area contributed by atoms with Gasteiger partial charge in [-0.2, -0.15) is 13.2 Å². The van der Waals surface area contributed by atoms with Crippen LogP contribution in [0.25, 0.3) is 0 Å². The number of carbonyl (C=O) groups is 2. The summed E-state index contributed by atoms with van der Waals surface area (Å²) < 4.78 is 43.0. The van der Waals surface area contributed by atoms with E-state index in [1.54, 1.807) is 18.2 Å². The van der Waals surface area contributed by atoms with Gasteiger partial charge in [0.15, 0.2) is 6.61 Å². The van der Waals surface area contributed by atoms with E-state index in [2.05, 4.69) is 5.32 Å². The third-order valence-corrected chi connectivity index (χ3v) is 3.97. The zero-order valence-electron chi connectivity index (χ0n) is 13.9. The molecule has 0 aliphatic heterocycles. The first kappa shape index (κ1) is 19.8. The first-order chi connectivity index (χ1) is 12.1. The first-order valence-corrected chi connectivity index (χ1v) is 7.86. The highest BCUT2D eigenvalue weighted by atomic mass is 35.5. The summed E-state index contributed by atoms with van der Waals surface area (Å²) in [4.78, 5) is 23.8. The maximum atomic E-state index is 12.7. The topological polar surface area (TPSA) is 55.4 Å². The molecule has 0 aliphatic rings. The Balaban J connectivity index is 2.00. The van der Waals surface area contributed by atoms with Crippen LogP contribution in [0.4, 0.5) is 18.9 Å². The molecule has 0 spiro atoms. The second-order valence-electron chi connectivity index (χ2n) is 5.62. The minimum atomic E-state index is -4.57. The van der Waals surface area contributed by atoms with Crippen molar-refractivity contribution in [1.82, 2.24) is 0 Å². The smallest absolute Gasteiger partial charge is 0.416 e. The third kappa shape index (κ3) is 4.98. The molecule has 0 heterocycles. The molecule has 0 aliphatic carbocycles. The highest BCUT2D eigenvalue weighted by molar-refractivity contribution is 6.33. The van der Waals surface area contributed by atoms with Crippen molar-refractivity contribution < 1.29 is 27.5 Å². The molecule has 26 heavy (non-hydrogen) atoms. The Bertz CT molecular complexity index is 850. The van der Waals surface area contributed by atoms with Crippen LogP contribution in [0.5, 0.6) is 0 Å². The maximum Gasteiger partial charge on any atom is 0.416 e. The van der Waals surface area contributed by atoms with Crippen LogP contribution in [-0.2, 0) is 15.7 Å². The molecule has 0 radical (unpaired) electrons. The number of nitrogens with one attached hydrogen (secondary N) is 1. The molecule has 0 fully saturated rings. The molecule has 0 aromatic heterocycles. The molecular formula is C18H15ClF3NO3. The van der Waals surface area contributed by atoms with Gasteiger partial charge in [0, 0.05) is 0 Å². The van der Waals surface area contributed by atoms with Gasteiger partial charge >= 0.3 is 12.1 Å². The van der Waals surface area contributed by atoms with E-state index in [9.17, 15) is 22.8 Å². The molecule has 1 N–H and O–H groups in total. The first-order valence-electron chi connectivity index (χ1n) is 7.49. The summed E-state index contributed by atoms with van der Waals surface area (Å²) in [7, 11) is 0. The summed E-state index contributed by atoms with van der Waals surface area (Å²) in [5, 5.41) is 2.14. The average Bonchev–Trinajstić information content (AvgIpc) is 2.56. The maximum absolute atomic E-state index is 12.7. The number of carbonyl (C=O) groups excluding carboxylic acids is 2. The van der Waals surface area contributed by atoms with E-state index in [0.717, 1.165) is 23.3 Å². The van der Waals surface area contributed by atoms with Crippen LogP contribution >= 0.6 is 11.6 Å². The molecule has 0 unspecified atom stereocenters. The summed E-state index contributed by atoms with van der Waals surface area (Å²) in [5.41, 5.74) is 0.995. The van der Waals surface area contributed by atoms with E-state index in [4.69, 9.17) is 16.3 Å². The van der Waals surface area contributed by atoms with E-state index >= 15 is 0 Å². The summed E-state index contributed by atoms with van der Waals surface area (Å²) in [6, 6.07) is 7.48. The number of esters is 1. The molecule has 0 atom stereocenters. The van der Waals surface area contributed by atoms with Gasteiger partial charge in [-0.15, -0.1) is 0 Å². The highest BCUT2D eigenvalue weighted by Gasteiger charge is 2.31. The van der Waals surface area contributed by atoms with Gasteiger partial charge in [-0.25, -0.2) is 4.79 Å². The van der Waals surface area contributed by atoms with E-state index in [-0.39, 0.29) is 16.3 Å². The quantitative estimate of drug-likeness (QED) is 0.771. The van der Waals surface area contributed by atoms with Gasteiger partial charge in [-0.05, 0) is 55.3 Å². The number of alkyl halides is 3. The summed E-state index contributed by atoms with van der Waals surface area (Å²) >= 11 is 5.79. The predicted octanol–water partition coefficient (Wildman–Crippen LogP) is 4.77. The largest absolute Gasteiger partial charge is 0.452 e. The second-order valence-corrected chi connectivity index (χ2v) is 6.02. The Morgan fingerprint density at radius 3 is 2.38 bits per heavy atom. The van der Waals surface area contributed by atoms with E-state index in [1.165, 1.54) is 0 Å². The summed E-state index contributed by atoms with van der Waals surface area (Å²) in [6.07, 6.45) is -4.57. The molecule has 138 valence electrons. The number of hydrogen-bond acceptors (Lipinski definition) is 3. The monoisotopic (exact) mass is 385 g/mol. The Hall–Kier alpha value is -2.54. The lowest BCUT2D eigenvalue weighted by atomic mass is 10.1. The number of rotatable bonds is 4. The van der Waals surface area contributed by atoms with Crippen molar-refractivity contribution in [3.63, 3.8) is 0 Å². The zero-order chi connectivity index (χ0) is 19.5. The molecule has 0 bridgehead atoms. The van der Waals surface area contributed by atoms with Crippen LogP contribution in [0.3, 0.4) is 0 Å². The molecule has 2 aromatic carbocycles. The molecule has 0 saturated carbocycles. The lowest BCUT2D eigenvalue weighted by Crippen LogP contribution is -2.21. The standard InChI is InChI=1S/C18H15ClF3NO3/c1-10-3-4-12(7-11(10)2)17(25)26-9-16(24)23-15-8-13(18(20,21)22)5-6-14(15)19/h3-8H,9H2,1-2H3,(H,23,24).